The van der Waals surface area contributed by atoms with Gasteiger partial charge in [0.2, 0.25) is 0 Å². The number of likely N-dealkylation sites (tertiary alicyclic amines) is 1. The largest absolute Gasteiger partial charge is 0.383 e. The molecule has 0 radical (unpaired) electrons. The summed E-state index contributed by atoms with van der Waals surface area (Å²) in [6, 6.07) is 0. The lowest BCUT2D eigenvalue weighted by Crippen LogP contribution is -2.31. The minimum Gasteiger partial charge on any atom is -0.383 e. The van der Waals surface area contributed by atoms with Crippen LogP contribution >= 0.6 is 0 Å². The van der Waals surface area contributed by atoms with Crippen LogP contribution in [0.3, 0.4) is 0 Å². The van der Waals surface area contributed by atoms with E-state index in [1.165, 1.54) is 58.3 Å². The van der Waals surface area contributed by atoms with E-state index in [4.69, 9.17) is 4.74 Å². The smallest absolute Gasteiger partial charge is 0.0589 e. The molecule has 0 aromatic carbocycles. The van der Waals surface area contributed by atoms with Crippen LogP contribution < -0.4 is 0 Å². The van der Waals surface area contributed by atoms with Crippen LogP contribution in [0.2, 0.25) is 0 Å². The Kier molecular flexibility index (Phi) is 6.35. The molecule has 3 nitrogen and oxygen atoms in total. The second-order valence-corrected chi connectivity index (χ2v) is 6.25. The summed E-state index contributed by atoms with van der Waals surface area (Å²) in [4.78, 5) is 5.07. The van der Waals surface area contributed by atoms with Gasteiger partial charge in [0.25, 0.3) is 0 Å². The summed E-state index contributed by atoms with van der Waals surface area (Å²) in [5.74, 6) is 0.853. The molecule has 1 saturated heterocycles. The van der Waals surface area contributed by atoms with E-state index in [0.29, 0.717) is 0 Å². The van der Waals surface area contributed by atoms with Crippen molar-refractivity contribution >= 4 is 0 Å². The molecule has 0 saturated carbocycles. The molecule has 0 spiro atoms. The molecule has 1 heterocycles. The predicted molar refractivity (Wildman–Crippen MR) is 80.5 cm³/mol. The monoisotopic (exact) mass is 266 g/mol. The first-order chi connectivity index (χ1) is 9.28. The normalized spacial score (nSPS) is 25.0. The summed E-state index contributed by atoms with van der Waals surface area (Å²) in [6.45, 7) is 6.92. The maximum atomic E-state index is 5.16. The molecule has 19 heavy (non-hydrogen) atoms. The van der Waals surface area contributed by atoms with Crippen LogP contribution in [0.4, 0.5) is 0 Å². The Morgan fingerprint density at radius 3 is 3.05 bits per heavy atom. The maximum Gasteiger partial charge on any atom is 0.0589 e. The third kappa shape index (κ3) is 5.25. The molecular formula is C16H30N2O. The molecule has 0 aromatic rings. The third-order valence-corrected chi connectivity index (χ3v) is 4.41. The van der Waals surface area contributed by atoms with Crippen molar-refractivity contribution in [2.45, 2.75) is 32.1 Å². The standard InChI is InChI=1S/C16H30N2O/c1-17(12-15-6-4-3-5-7-15)13-16-8-9-18(14-16)10-11-19-2/h6,16H,3-5,7-14H2,1-2H3/t16-/m1/s1. The molecule has 0 amide bonds. The average Bonchev–Trinajstić information content (AvgIpc) is 2.85. The van der Waals surface area contributed by atoms with Gasteiger partial charge in [-0.3, -0.25) is 0 Å². The van der Waals surface area contributed by atoms with Crippen LogP contribution in [0.1, 0.15) is 32.1 Å². The molecule has 1 aliphatic carbocycles. The Balaban J connectivity index is 1.65. The first-order valence-corrected chi connectivity index (χ1v) is 7.85. The molecule has 0 aromatic heterocycles. The molecule has 0 bridgehead atoms. The van der Waals surface area contributed by atoms with Crippen molar-refractivity contribution in [1.29, 1.82) is 0 Å². The van der Waals surface area contributed by atoms with Gasteiger partial charge < -0.3 is 14.5 Å². The zero-order chi connectivity index (χ0) is 13.5. The molecule has 0 N–H and O–H groups in total. The number of hydrogen-bond donors (Lipinski definition) is 0. The number of nitrogens with zero attached hydrogens (tertiary/aromatic N) is 2. The molecule has 2 rings (SSSR count). The van der Waals surface area contributed by atoms with Crippen molar-refractivity contribution in [3.05, 3.63) is 11.6 Å². The number of methoxy groups -OCH3 is 1. The molecule has 1 fully saturated rings. The van der Waals surface area contributed by atoms with Gasteiger partial charge in [-0.1, -0.05) is 11.6 Å². The van der Waals surface area contributed by atoms with Crippen LogP contribution in [0.15, 0.2) is 11.6 Å². The van der Waals surface area contributed by atoms with E-state index < -0.39 is 0 Å². The van der Waals surface area contributed by atoms with Gasteiger partial charge in [0.1, 0.15) is 0 Å². The van der Waals surface area contributed by atoms with E-state index in [2.05, 4.69) is 22.9 Å². The van der Waals surface area contributed by atoms with Crippen LogP contribution in [0.25, 0.3) is 0 Å². The highest BCUT2D eigenvalue weighted by molar-refractivity contribution is 5.07. The topological polar surface area (TPSA) is 15.7 Å². The predicted octanol–water partition coefficient (Wildman–Crippen LogP) is 2.39. The molecule has 0 unspecified atom stereocenters. The summed E-state index contributed by atoms with van der Waals surface area (Å²) in [5.41, 5.74) is 1.67. The third-order valence-electron chi connectivity index (χ3n) is 4.41. The van der Waals surface area contributed by atoms with E-state index in [1.54, 1.807) is 12.7 Å². The van der Waals surface area contributed by atoms with Crippen LogP contribution in [-0.4, -0.2) is 63.3 Å². The summed E-state index contributed by atoms with van der Waals surface area (Å²) in [7, 11) is 4.08. The van der Waals surface area contributed by atoms with Gasteiger partial charge in [-0.2, -0.15) is 0 Å². The van der Waals surface area contributed by atoms with Gasteiger partial charge in [-0.05, 0) is 51.6 Å². The lowest BCUT2D eigenvalue weighted by molar-refractivity contribution is 0.157. The Hall–Kier alpha value is -0.380. The van der Waals surface area contributed by atoms with Gasteiger partial charge in [0.15, 0.2) is 0 Å². The van der Waals surface area contributed by atoms with E-state index in [1.807, 2.05) is 0 Å². The lowest BCUT2D eigenvalue weighted by atomic mass is 9.99. The fourth-order valence-electron chi connectivity index (χ4n) is 3.39. The van der Waals surface area contributed by atoms with E-state index >= 15 is 0 Å². The van der Waals surface area contributed by atoms with Crippen molar-refractivity contribution in [2.24, 2.45) is 5.92 Å². The minimum absolute atomic E-state index is 0.853. The number of likely N-dealkylation sites (N-methyl/N-ethyl adjacent to an activating group) is 1. The molecule has 1 aliphatic heterocycles. The number of ether oxygens (including phenoxy) is 1. The summed E-state index contributed by atoms with van der Waals surface area (Å²) < 4.78 is 5.16. The Morgan fingerprint density at radius 1 is 1.42 bits per heavy atom. The zero-order valence-corrected chi connectivity index (χ0v) is 12.7. The fraction of sp³-hybridized carbons (Fsp3) is 0.875. The average molecular weight is 266 g/mol. The highest BCUT2D eigenvalue weighted by atomic mass is 16.5. The van der Waals surface area contributed by atoms with E-state index in [0.717, 1.165) is 19.1 Å². The molecule has 1 atom stereocenters. The minimum atomic E-state index is 0.853. The quantitative estimate of drug-likeness (QED) is 0.658. The SMILES string of the molecule is COCCN1CC[C@H](CN(C)CC2=CCCCC2)C1. The number of hydrogen-bond acceptors (Lipinski definition) is 3. The first kappa shape index (κ1) is 15.0. The lowest BCUT2D eigenvalue weighted by Gasteiger charge is -2.24. The van der Waals surface area contributed by atoms with Crippen LogP contribution in [0.5, 0.6) is 0 Å². The van der Waals surface area contributed by atoms with Crippen molar-refractivity contribution in [3.63, 3.8) is 0 Å². The second kappa shape index (κ2) is 8.03. The van der Waals surface area contributed by atoms with Crippen LogP contribution in [0, 0.1) is 5.92 Å². The number of rotatable bonds is 7. The Morgan fingerprint density at radius 2 is 2.32 bits per heavy atom. The number of allylic oxidation sites excluding steroid dienone is 1. The van der Waals surface area contributed by atoms with Crippen molar-refractivity contribution in [2.75, 3.05) is 53.5 Å². The van der Waals surface area contributed by atoms with Crippen LogP contribution in [-0.2, 0) is 4.74 Å². The van der Waals surface area contributed by atoms with E-state index in [-0.39, 0.29) is 0 Å². The Bertz CT molecular complexity index is 290. The molecule has 3 heteroatoms. The van der Waals surface area contributed by atoms with Gasteiger partial charge >= 0.3 is 0 Å². The van der Waals surface area contributed by atoms with Gasteiger partial charge in [0, 0.05) is 33.3 Å². The molecular weight excluding hydrogens is 236 g/mol. The van der Waals surface area contributed by atoms with Crippen molar-refractivity contribution in [3.8, 4) is 0 Å². The highest BCUT2D eigenvalue weighted by Gasteiger charge is 2.23. The summed E-state index contributed by atoms with van der Waals surface area (Å²) in [6.07, 6.45) is 9.25. The van der Waals surface area contributed by atoms with Gasteiger partial charge in [-0.25, -0.2) is 0 Å². The highest BCUT2D eigenvalue weighted by Crippen LogP contribution is 2.20. The first-order valence-electron chi connectivity index (χ1n) is 7.85. The van der Waals surface area contributed by atoms with Crippen molar-refractivity contribution in [1.82, 2.24) is 9.80 Å². The maximum absolute atomic E-state index is 5.16. The molecule has 2 aliphatic rings. The summed E-state index contributed by atoms with van der Waals surface area (Å²) in [5, 5.41) is 0. The fourth-order valence-corrected chi connectivity index (χ4v) is 3.39. The summed E-state index contributed by atoms with van der Waals surface area (Å²) >= 11 is 0. The van der Waals surface area contributed by atoms with E-state index in [9.17, 15) is 0 Å². The Labute approximate surface area is 118 Å². The van der Waals surface area contributed by atoms with Gasteiger partial charge in [0.05, 0.1) is 6.61 Å². The van der Waals surface area contributed by atoms with Gasteiger partial charge in [-0.15, -0.1) is 0 Å². The van der Waals surface area contributed by atoms with Crippen molar-refractivity contribution < 1.29 is 4.74 Å². The second-order valence-electron chi connectivity index (χ2n) is 6.25. The zero-order valence-electron chi connectivity index (χ0n) is 12.7. The molecule has 110 valence electrons.